The summed E-state index contributed by atoms with van der Waals surface area (Å²) in [5, 5.41) is 20.4. The van der Waals surface area contributed by atoms with E-state index in [-0.39, 0.29) is 73.6 Å². The zero-order valence-corrected chi connectivity index (χ0v) is 65.2. The standard InChI is InChI=1S/C52H53N3O6SSi.C36H35N3O6S/c1-51(2,3)62(57)55-33-39-30-42(50(56)53-32-35-24-25-45-47(28-35)59-34-58-45)54-49(38-18-15-17-36(29-38)46-31-37-16-13-14-23-44(37)61-46)48(39)43(55)26-27-60-63(52(4,5)6,40-19-9-7-10-20-40)41-21-11-8-12-22-41;1-36(2,3)46(42)39-20-26-17-27(35(41)37-19-22-11-12-30-32(15-22)44-21-43-30)38-34(33(26)28(39)13-14-40)25-9-6-8-23(16-25)31-18-24-7-4-5-10-29(24)45-31/h7-25,28-31,43H,26-27,32-34H2,1-6H3,(H,53,56);4-12,15-18,28,40H,13-14,19-21H2,1-3H3,(H,37,41)/t43-,62-;28-,46-/m11/s1. The summed E-state index contributed by atoms with van der Waals surface area (Å²) in [5.41, 5.74) is 12.2. The van der Waals surface area contributed by atoms with Crippen molar-refractivity contribution in [3.8, 4) is 68.2 Å². The summed E-state index contributed by atoms with van der Waals surface area (Å²) in [6.45, 7) is 20.6. The Balaban J connectivity index is 0.000000182. The van der Waals surface area contributed by atoms with Gasteiger partial charge in [0.15, 0.2) is 23.0 Å². The molecule has 0 unspecified atom stereocenters. The average molecular weight is 1510 g/mol. The molecular weight excluding hydrogens is 1430 g/mol. The van der Waals surface area contributed by atoms with E-state index in [1.54, 1.807) is 6.07 Å². The van der Waals surface area contributed by atoms with E-state index in [0.29, 0.717) is 66.9 Å². The highest BCUT2D eigenvalue weighted by atomic mass is 32.2. The molecule has 2 amide bonds. The fourth-order valence-corrected chi connectivity index (χ4v) is 22.5. The first kappa shape index (κ1) is 74.1. The Bertz CT molecular complexity index is 5350. The van der Waals surface area contributed by atoms with Crippen LogP contribution in [0.5, 0.6) is 23.0 Å². The Kier molecular flexibility index (Phi) is 20.8. The van der Waals surface area contributed by atoms with Crippen molar-refractivity contribution in [3.05, 3.63) is 263 Å². The van der Waals surface area contributed by atoms with E-state index >= 15 is 0 Å². The number of benzene rings is 8. The zero-order chi connectivity index (χ0) is 75.9. The van der Waals surface area contributed by atoms with Gasteiger partial charge in [-0.05, 0) is 165 Å². The number of fused-ring (bicyclic) bond motifs is 6. The number of rotatable bonds is 20. The minimum Gasteiger partial charge on any atom is -0.456 e. The summed E-state index contributed by atoms with van der Waals surface area (Å²) in [6.07, 6.45) is 0.926. The highest BCUT2D eigenvalue weighted by Gasteiger charge is 2.51. The monoisotopic (exact) mass is 1510 g/mol. The molecule has 0 saturated carbocycles. The highest BCUT2D eigenvalue weighted by Crippen LogP contribution is 2.48. The lowest BCUT2D eigenvalue weighted by Crippen LogP contribution is -2.66. The number of nitrogens with zero attached hydrogens (tertiary/aromatic N) is 4. The molecule has 18 nitrogen and oxygen atoms in total. The van der Waals surface area contributed by atoms with Crippen LogP contribution >= 0.6 is 0 Å². The van der Waals surface area contributed by atoms with E-state index in [1.807, 2.05) is 191 Å². The van der Waals surface area contributed by atoms with Crippen molar-refractivity contribution in [3.63, 3.8) is 0 Å². The molecule has 4 aliphatic heterocycles. The zero-order valence-electron chi connectivity index (χ0n) is 62.6. The van der Waals surface area contributed by atoms with Gasteiger partial charge in [0, 0.05) is 83.5 Å². The maximum absolute atomic E-state index is 14.7. The van der Waals surface area contributed by atoms with E-state index < -0.39 is 39.8 Å². The Labute approximate surface area is 641 Å². The largest absolute Gasteiger partial charge is 0.456 e. The molecular formula is C88H88N6O12S2Si. The minimum absolute atomic E-state index is 0.0851. The van der Waals surface area contributed by atoms with E-state index in [1.165, 1.54) is 10.4 Å². The van der Waals surface area contributed by atoms with E-state index in [4.69, 9.17) is 42.2 Å². The molecule has 0 radical (unpaired) electrons. The maximum atomic E-state index is 14.7. The lowest BCUT2D eigenvalue weighted by atomic mass is 9.95. The van der Waals surface area contributed by atoms with Gasteiger partial charge >= 0.3 is 0 Å². The predicted octanol–water partition coefficient (Wildman–Crippen LogP) is 16.6. The van der Waals surface area contributed by atoms with Crippen LogP contribution in [0.15, 0.2) is 227 Å². The predicted molar refractivity (Wildman–Crippen MR) is 429 cm³/mol. The smallest absolute Gasteiger partial charge is 0.270 e. The molecule has 0 fully saturated rings. The summed E-state index contributed by atoms with van der Waals surface area (Å²) in [6, 6.07) is 71.4. The number of para-hydroxylation sites is 2. The van der Waals surface area contributed by atoms with Crippen molar-refractivity contribution >= 4 is 74.4 Å². The third-order valence-corrected chi connectivity index (χ3v) is 29.0. The average Bonchev–Trinajstić information content (AvgIpc) is 1.40. The van der Waals surface area contributed by atoms with Gasteiger partial charge in [-0.3, -0.25) is 9.59 Å². The second-order valence-corrected chi connectivity index (χ2v) is 39.5. The molecule has 8 aromatic carbocycles. The van der Waals surface area contributed by atoms with Gasteiger partial charge in [0.2, 0.25) is 13.6 Å². The van der Waals surface area contributed by atoms with Crippen LogP contribution in [-0.2, 0) is 52.6 Å². The number of carbonyl (C=O) groups is 2. The number of carbonyl (C=O) groups excluding carboxylic acids is 2. The topological polar surface area (TPSA) is 217 Å². The van der Waals surface area contributed by atoms with E-state index in [0.717, 1.165) is 89.1 Å². The fraction of sp³-hybridized carbons (Fsp3) is 0.273. The number of amides is 2. The number of nitrogens with one attached hydrogen (secondary N) is 2. The van der Waals surface area contributed by atoms with Crippen LogP contribution in [0.2, 0.25) is 5.04 Å². The number of furan rings is 2. The summed E-state index contributed by atoms with van der Waals surface area (Å²) in [4.78, 5) is 38.0. The quantitative estimate of drug-likeness (QED) is 0.0605. The van der Waals surface area contributed by atoms with Crippen LogP contribution in [0.25, 0.3) is 67.1 Å². The molecule has 0 spiro atoms. The van der Waals surface area contributed by atoms with Crippen molar-refractivity contribution in [2.24, 2.45) is 0 Å². The summed E-state index contributed by atoms with van der Waals surface area (Å²) < 4.78 is 73.4. The molecule has 0 saturated heterocycles. The van der Waals surface area contributed by atoms with Crippen LogP contribution in [0, 0.1) is 0 Å². The Morgan fingerprint density at radius 3 is 1.32 bits per heavy atom. The minimum atomic E-state index is -2.89. The molecule has 558 valence electrons. The Morgan fingerprint density at radius 1 is 0.486 bits per heavy atom. The number of aromatic nitrogens is 2. The van der Waals surface area contributed by atoms with Crippen molar-refractivity contribution in [2.45, 2.75) is 128 Å². The first-order chi connectivity index (χ1) is 52.5. The van der Waals surface area contributed by atoms with Gasteiger partial charge in [-0.1, -0.05) is 166 Å². The Hall–Kier alpha value is -10.4. The normalized spacial score (nSPS) is 16.0. The number of pyridine rings is 2. The van der Waals surface area contributed by atoms with Crippen molar-refractivity contribution in [2.75, 3.05) is 26.8 Å². The molecule has 4 aromatic heterocycles. The maximum Gasteiger partial charge on any atom is 0.270 e. The van der Waals surface area contributed by atoms with Gasteiger partial charge in [-0.25, -0.2) is 27.0 Å². The van der Waals surface area contributed by atoms with Gasteiger partial charge in [0.1, 0.15) is 56.0 Å². The first-order valence-electron chi connectivity index (χ1n) is 36.8. The fourth-order valence-electron chi connectivity index (χ4n) is 15.1. The van der Waals surface area contributed by atoms with Gasteiger partial charge in [-0.2, -0.15) is 0 Å². The molecule has 4 aliphatic rings. The van der Waals surface area contributed by atoms with Gasteiger partial charge in [-0.15, -0.1) is 0 Å². The molecule has 4 atom stereocenters. The van der Waals surface area contributed by atoms with E-state index in [9.17, 15) is 23.1 Å². The molecule has 16 rings (SSSR count). The molecule has 3 N–H and O–H groups in total. The van der Waals surface area contributed by atoms with Crippen molar-refractivity contribution in [1.29, 1.82) is 0 Å². The van der Waals surface area contributed by atoms with Crippen LogP contribution < -0.4 is 40.0 Å². The van der Waals surface area contributed by atoms with Crippen LogP contribution in [0.3, 0.4) is 0 Å². The van der Waals surface area contributed by atoms with Gasteiger partial charge in [0.05, 0.1) is 33.0 Å². The summed E-state index contributed by atoms with van der Waals surface area (Å²) >= 11 is 0. The molecule has 8 heterocycles. The lowest BCUT2D eigenvalue weighted by molar-refractivity contribution is 0.0938. The highest BCUT2D eigenvalue weighted by molar-refractivity contribution is 7.84. The molecule has 0 bridgehead atoms. The summed E-state index contributed by atoms with van der Waals surface area (Å²) in [7, 11) is -5.67. The number of hydrogen-bond acceptors (Lipinski definition) is 14. The third-order valence-electron chi connectivity index (χ3n) is 20.2. The first-order valence-corrected chi connectivity index (χ1v) is 40.9. The lowest BCUT2D eigenvalue weighted by Gasteiger charge is -2.43. The van der Waals surface area contributed by atoms with Crippen LogP contribution in [-0.4, -0.2) is 88.5 Å². The second-order valence-electron chi connectivity index (χ2n) is 30.8. The molecule has 0 aliphatic carbocycles. The SMILES string of the molecule is CC(C)(C)[S@@](=O)N1Cc2cc(C(=O)NCc3ccc4c(c3)OCO4)nc(-c3cccc(-c4cc5ccccc5o4)c3)c2[C@H]1CCO.CC(C)(C)[S@@](=O)N1Cc2cc(C(=O)NCc3ccc4c(c3)OCO4)nc(-c3cccc(-c4cc5ccccc5o4)c3)c2[C@H]1CCO[Si](c1ccccc1)(c1ccccc1)C(C)(C)C. The van der Waals surface area contributed by atoms with Crippen molar-refractivity contribution in [1.82, 2.24) is 29.2 Å². The molecule has 12 aromatic rings. The van der Waals surface area contributed by atoms with Gasteiger partial charge in [0.25, 0.3) is 20.1 Å². The number of aliphatic hydroxyl groups excluding tert-OH is 1. The molecule has 21 heteroatoms. The van der Waals surface area contributed by atoms with Gasteiger partial charge < -0.3 is 47.9 Å². The third kappa shape index (κ3) is 15.2. The number of aliphatic hydroxyl groups is 1. The van der Waals surface area contributed by atoms with E-state index in [2.05, 4.69) is 102 Å². The second kappa shape index (κ2) is 30.6. The van der Waals surface area contributed by atoms with Crippen molar-refractivity contribution < 1.29 is 55.3 Å². The summed E-state index contributed by atoms with van der Waals surface area (Å²) in [5.74, 6) is 3.48. The Morgan fingerprint density at radius 2 is 0.899 bits per heavy atom. The number of ether oxygens (including phenoxy) is 4. The molecule has 109 heavy (non-hydrogen) atoms. The van der Waals surface area contributed by atoms with Crippen LogP contribution in [0.4, 0.5) is 0 Å². The number of hydrogen-bond donors (Lipinski definition) is 3. The van der Waals surface area contributed by atoms with Crippen LogP contribution in [0.1, 0.15) is 142 Å².